The lowest BCUT2D eigenvalue weighted by Gasteiger charge is -2.09. The van der Waals surface area contributed by atoms with Crippen LogP contribution in [0.3, 0.4) is 0 Å². The molecule has 0 radical (unpaired) electrons. The third-order valence-electron chi connectivity index (χ3n) is 3.96. The van der Waals surface area contributed by atoms with E-state index in [0.29, 0.717) is 15.8 Å². The van der Waals surface area contributed by atoms with E-state index < -0.39 is 17.9 Å². The molecule has 154 valence electrons. The molecule has 0 spiro atoms. The number of carbonyl (C=O) groups is 3. The van der Waals surface area contributed by atoms with Gasteiger partial charge in [0.2, 0.25) is 5.76 Å². The second kappa shape index (κ2) is 9.07. The molecule has 30 heavy (non-hydrogen) atoms. The molecule has 3 rings (SSSR count). The van der Waals surface area contributed by atoms with Gasteiger partial charge in [-0.2, -0.15) is 0 Å². The molecule has 0 atom stereocenters. The summed E-state index contributed by atoms with van der Waals surface area (Å²) in [5.74, 6) is 1.73. The van der Waals surface area contributed by atoms with Crippen molar-refractivity contribution in [2.24, 2.45) is 0 Å². The van der Waals surface area contributed by atoms with Crippen molar-refractivity contribution in [3.63, 3.8) is 0 Å². The second-order valence-corrected chi connectivity index (χ2v) is 7.21. The van der Waals surface area contributed by atoms with Crippen LogP contribution in [0.25, 0.3) is 6.08 Å². The first kappa shape index (κ1) is 21.5. The van der Waals surface area contributed by atoms with Crippen LogP contribution in [0.15, 0.2) is 38.9 Å². The quantitative estimate of drug-likeness (QED) is 0.286. The Morgan fingerprint density at radius 3 is 2.83 bits per heavy atom. The van der Waals surface area contributed by atoms with Gasteiger partial charge in [0, 0.05) is 0 Å². The number of hydrogen-bond acceptors (Lipinski definition) is 6. The smallest absolute Gasteiger partial charge is 0.373 e. The van der Waals surface area contributed by atoms with E-state index in [4.69, 9.17) is 27.2 Å². The molecule has 1 aromatic heterocycles. The first-order valence-corrected chi connectivity index (χ1v) is 9.58. The van der Waals surface area contributed by atoms with Crippen LogP contribution < -0.4 is 10.1 Å². The van der Waals surface area contributed by atoms with Crippen molar-refractivity contribution in [3.8, 4) is 18.1 Å². The van der Waals surface area contributed by atoms with Crippen LogP contribution >= 0.6 is 27.5 Å². The molecule has 0 bridgehead atoms. The van der Waals surface area contributed by atoms with Gasteiger partial charge in [0.15, 0.2) is 5.75 Å². The molecular weight excluding hydrogens is 480 g/mol. The van der Waals surface area contributed by atoms with Crippen LogP contribution in [0.1, 0.15) is 21.9 Å². The maximum absolute atomic E-state index is 12.6. The summed E-state index contributed by atoms with van der Waals surface area (Å²) in [6.07, 6.45) is 6.66. The zero-order valence-electron chi connectivity index (χ0n) is 15.5. The number of hydrogen-bond donors (Lipinski definition) is 1. The van der Waals surface area contributed by atoms with E-state index >= 15 is 0 Å². The van der Waals surface area contributed by atoms with Crippen LogP contribution in [0, 0.1) is 12.3 Å². The van der Waals surface area contributed by atoms with Crippen LogP contribution in [0.5, 0.6) is 5.75 Å². The summed E-state index contributed by atoms with van der Waals surface area (Å²) in [7, 11) is 1.22. The number of furan rings is 1. The van der Waals surface area contributed by atoms with E-state index in [2.05, 4.69) is 31.9 Å². The number of urea groups is 1. The summed E-state index contributed by atoms with van der Waals surface area (Å²) in [6.45, 7) is -0.102. The van der Waals surface area contributed by atoms with E-state index in [1.165, 1.54) is 25.3 Å². The number of rotatable bonds is 6. The lowest BCUT2D eigenvalue weighted by Crippen LogP contribution is -2.30. The molecule has 0 unspecified atom stereocenters. The summed E-state index contributed by atoms with van der Waals surface area (Å²) in [6, 6.07) is 5.51. The second-order valence-electron chi connectivity index (χ2n) is 5.94. The topological polar surface area (TPSA) is 98.1 Å². The summed E-state index contributed by atoms with van der Waals surface area (Å²) >= 11 is 9.55. The summed E-state index contributed by atoms with van der Waals surface area (Å²) in [4.78, 5) is 37.3. The number of nitrogens with one attached hydrogen (secondary N) is 1. The van der Waals surface area contributed by atoms with Crippen LogP contribution in [-0.4, -0.2) is 36.5 Å². The van der Waals surface area contributed by atoms with Crippen molar-refractivity contribution in [2.45, 2.75) is 6.54 Å². The van der Waals surface area contributed by atoms with Crippen molar-refractivity contribution in [1.29, 1.82) is 0 Å². The maximum Gasteiger partial charge on any atom is 0.373 e. The maximum atomic E-state index is 12.6. The molecule has 2 aromatic rings. The minimum Gasteiger partial charge on any atom is -0.478 e. The summed E-state index contributed by atoms with van der Waals surface area (Å²) in [5.41, 5.74) is 0.608. The van der Waals surface area contributed by atoms with Gasteiger partial charge in [0.05, 0.1) is 23.1 Å². The van der Waals surface area contributed by atoms with Gasteiger partial charge in [0.25, 0.3) is 5.91 Å². The van der Waals surface area contributed by atoms with Gasteiger partial charge in [-0.25, -0.2) is 9.59 Å². The average Bonchev–Trinajstić information content (AvgIpc) is 3.27. The van der Waals surface area contributed by atoms with Crippen molar-refractivity contribution < 1.29 is 28.3 Å². The van der Waals surface area contributed by atoms with E-state index in [1.807, 2.05) is 0 Å². The molecule has 3 amide bonds. The Kier molecular flexibility index (Phi) is 6.50. The lowest BCUT2D eigenvalue weighted by molar-refractivity contribution is -0.123. The standard InChI is InChI=1S/C20H14BrClN2O6/c1-3-6-29-17-13(21)7-11(8-14(17)22)9-15-18(25)24(20(27)23-15)10-12-4-5-16(30-12)19(26)28-2/h1,4-5,7-9H,6,10H2,2H3,(H,23,27). The molecule has 2 heterocycles. The summed E-state index contributed by atoms with van der Waals surface area (Å²) in [5, 5.41) is 2.78. The van der Waals surface area contributed by atoms with Crippen molar-refractivity contribution in [3.05, 3.63) is 56.5 Å². The van der Waals surface area contributed by atoms with Crippen molar-refractivity contribution >= 4 is 51.5 Å². The number of imide groups is 1. The highest BCUT2D eigenvalue weighted by Gasteiger charge is 2.34. The molecule has 8 nitrogen and oxygen atoms in total. The van der Waals surface area contributed by atoms with Gasteiger partial charge in [-0.05, 0) is 51.8 Å². The zero-order chi connectivity index (χ0) is 21.8. The first-order chi connectivity index (χ1) is 14.3. The minimum atomic E-state index is -0.656. The van der Waals surface area contributed by atoms with Crippen LogP contribution in [0.4, 0.5) is 4.79 Å². The van der Waals surface area contributed by atoms with Crippen LogP contribution in [-0.2, 0) is 16.1 Å². The molecule has 1 aliphatic rings. The predicted octanol–water partition coefficient (Wildman–Crippen LogP) is 3.59. The fourth-order valence-electron chi connectivity index (χ4n) is 2.63. The highest BCUT2D eigenvalue weighted by Crippen LogP contribution is 2.35. The number of methoxy groups -OCH3 is 1. The largest absolute Gasteiger partial charge is 0.478 e. The molecule has 1 saturated heterocycles. The predicted molar refractivity (Wildman–Crippen MR) is 111 cm³/mol. The lowest BCUT2D eigenvalue weighted by atomic mass is 10.2. The Balaban J connectivity index is 1.79. The number of amides is 3. The zero-order valence-corrected chi connectivity index (χ0v) is 17.9. The van der Waals surface area contributed by atoms with E-state index in [9.17, 15) is 14.4 Å². The molecule has 1 aromatic carbocycles. The highest BCUT2D eigenvalue weighted by atomic mass is 79.9. The van der Waals surface area contributed by atoms with Gasteiger partial charge >= 0.3 is 12.0 Å². The Morgan fingerprint density at radius 2 is 2.17 bits per heavy atom. The number of nitrogens with zero attached hydrogens (tertiary/aromatic N) is 1. The molecule has 0 saturated carbocycles. The third kappa shape index (κ3) is 4.50. The van der Waals surface area contributed by atoms with E-state index in [-0.39, 0.29) is 35.4 Å². The molecule has 1 N–H and O–H groups in total. The normalized spacial score (nSPS) is 14.6. The number of ether oxygens (including phenoxy) is 2. The van der Waals surface area contributed by atoms with Gasteiger partial charge in [-0.1, -0.05) is 17.5 Å². The molecule has 10 heteroatoms. The van der Waals surface area contributed by atoms with E-state index in [0.717, 1.165) is 4.90 Å². The first-order valence-electron chi connectivity index (χ1n) is 8.41. The Bertz CT molecular complexity index is 1080. The Morgan fingerprint density at radius 1 is 1.40 bits per heavy atom. The van der Waals surface area contributed by atoms with Crippen molar-refractivity contribution in [2.75, 3.05) is 13.7 Å². The van der Waals surface area contributed by atoms with Gasteiger partial charge in [0.1, 0.15) is 18.1 Å². The fraction of sp³-hybridized carbons (Fsp3) is 0.150. The average molecular weight is 494 g/mol. The van der Waals surface area contributed by atoms with Gasteiger partial charge in [-0.15, -0.1) is 6.42 Å². The molecule has 0 aliphatic carbocycles. The highest BCUT2D eigenvalue weighted by molar-refractivity contribution is 9.10. The van der Waals surface area contributed by atoms with Crippen molar-refractivity contribution in [1.82, 2.24) is 10.2 Å². The number of terminal acetylenes is 1. The van der Waals surface area contributed by atoms with Gasteiger partial charge in [-0.3, -0.25) is 9.69 Å². The van der Waals surface area contributed by atoms with E-state index in [1.54, 1.807) is 12.1 Å². The fourth-order valence-corrected chi connectivity index (χ4v) is 3.61. The van der Waals surface area contributed by atoms with Gasteiger partial charge < -0.3 is 19.2 Å². The van der Waals surface area contributed by atoms with Crippen LogP contribution in [0.2, 0.25) is 5.02 Å². The monoisotopic (exact) mass is 492 g/mol. The number of esters is 1. The SMILES string of the molecule is C#CCOc1c(Cl)cc(C=C2NC(=O)N(Cc3ccc(C(=O)OC)o3)C2=O)cc1Br. The Hall–Kier alpha value is -3.22. The number of halogens is 2. The Labute approximate surface area is 184 Å². The molecular formula is C20H14BrClN2O6. The summed E-state index contributed by atoms with van der Waals surface area (Å²) < 4.78 is 15.8. The number of carbonyl (C=O) groups excluding carboxylic acids is 3. The molecule has 1 fully saturated rings. The minimum absolute atomic E-state index is 0.0260. The number of benzene rings is 1. The third-order valence-corrected chi connectivity index (χ3v) is 4.83. The molecule has 1 aliphatic heterocycles.